The van der Waals surface area contributed by atoms with Gasteiger partial charge in [-0.3, -0.25) is 14.3 Å². The van der Waals surface area contributed by atoms with Crippen LogP contribution in [-0.4, -0.2) is 78.6 Å². The molecule has 2 aliphatic heterocycles. The van der Waals surface area contributed by atoms with E-state index in [-0.39, 0.29) is 0 Å². The molecule has 6 heterocycles. The molecule has 4 aromatic rings. The van der Waals surface area contributed by atoms with Crippen LogP contribution in [0.4, 0.5) is 0 Å². The van der Waals surface area contributed by atoms with Gasteiger partial charge in [0.25, 0.3) is 0 Å². The summed E-state index contributed by atoms with van der Waals surface area (Å²) in [7, 11) is 0. The van der Waals surface area contributed by atoms with E-state index in [0.29, 0.717) is 5.15 Å². The molecule has 0 saturated carbocycles. The first-order valence-electron chi connectivity index (χ1n) is 14.6. The zero-order chi connectivity index (χ0) is 27.9. The zero-order valence-corrected chi connectivity index (χ0v) is 26.6. The van der Waals surface area contributed by atoms with Crippen molar-refractivity contribution in [2.45, 2.75) is 65.5 Å². The third-order valence-corrected chi connectivity index (χ3v) is 9.04. The van der Waals surface area contributed by atoms with Gasteiger partial charge >= 0.3 is 0 Å². The highest BCUT2D eigenvalue weighted by atomic mass is 127. The zero-order valence-electron chi connectivity index (χ0n) is 23.7. The van der Waals surface area contributed by atoms with E-state index in [9.17, 15) is 0 Å². The number of hydrogen-bond acceptors (Lipinski definition) is 6. The maximum absolute atomic E-state index is 6.00. The van der Waals surface area contributed by atoms with Gasteiger partial charge in [-0.05, 0) is 132 Å². The maximum Gasteiger partial charge on any atom is 0.129 e. The van der Waals surface area contributed by atoms with Crippen molar-refractivity contribution in [2.75, 3.05) is 39.3 Å². The van der Waals surface area contributed by atoms with Crippen LogP contribution in [0.25, 0.3) is 22.2 Å². The number of pyridine rings is 2. The summed E-state index contributed by atoms with van der Waals surface area (Å²) in [4.78, 5) is 14.0. The molecule has 0 spiro atoms. The molecule has 0 bridgehead atoms. The van der Waals surface area contributed by atoms with E-state index in [2.05, 4.69) is 81.2 Å². The first-order valence-corrected chi connectivity index (χ1v) is 16.0. The number of hydrogen-bond donors (Lipinski definition) is 0. The smallest absolute Gasteiger partial charge is 0.129 e. The van der Waals surface area contributed by atoms with Crippen LogP contribution in [0.1, 0.15) is 49.9 Å². The van der Waals surface area contributed by atoms with Gasteiger partial charge in [0.2, 0.25) is 0 Å². The van der Waals surface area contributed by atoms with Gasteiger partial charge in [0.05, 0.1) is 26.0 Å². The largest absolute Gasteiger partial charge is 0.303 e. The summed E-state index contributed by atoms with van der Waals surface area (Å²) in [6, 6.07) is 5.69. The van der Waals surface area contributed by atoms with Gasteiger partial charge in [-0.1, -0.05) is 11.6 Å². The average molecular weight is 675 g/mol. The standard InChI is InChI=1S/C19H22ClN5.C11H18IN3/c1-14-16(13-25(23-14)10-4-9-24-7-2-3-8-24)15-11-18-17(21-12-15)5-6-19(20)22-18;1-10-11(12)9-15(13-10)8-4-7-14-5-2-3-6-14/h5-6,11-13H,2-4,7-10H2,1H3;9H,2-8H2,1H3. The number of nitrogens with zero attached hydrogens (tertiary/aromatic N) is 8. The molecule has 0 radical (unpaired) electrons. The molecule has 2 saturated heterocycles. The van der Waals surface area contributed by atoms with Crippen molar-refractivity contribution in [3.8, 4) is 11.1 Å². The molecule has 10 heteroatoms. The van der Waals surface area contributed by atoms with Crippen molar-refractivity contribution in [3.63, 3.8) is 0 Å². The van der Waals surface area contributed by atoms with Crippen LogP contribution in [0.2, 0.25) is 5.15 Å². The number of fused-ring (bicyclic) bond motifs is 1. The van der Waals surface area contributed by atoms with E-state index in [1.807, 2.05) is 25.3 Å². The fourth-order valence-electron chi connectivity index (χ4n) is 5.58. The highest BCUT2D eigenvalue weighted by molar-refractivity contribution is 14.1. The minimum Gasteiger partial charge on any atom is -0.303 e. The molecule has 0 unspecified atom stereocenters. The van der Waals surface area contributed by atoms with Gasteiger partial charge in [-0.2, -0.15) is 10.2 Å². The molecule has 214 valence electrons. The van der Waals surface area contributed by atoms with Crippen molar-refractivity contribution in [2.24, 2.45) is 0 Å². The van der Waals surface area contributed by atoms with E-state index in [0.717, 1.165) is 59.6 Å². The fourth-order valence-corrected chi connectivity index (χ4v) is 6.16. The van der Waals surface area contributed by atoms with Crippen LogP contribution in [0.15, 0.2) is 36.8 Å². The highest BCUT2D eigenvalue weighted by Gasteiger charge is 2.13. The Morgan fingerprint density at radius 3 is 1.98 bits per heavy atom. The van der Waals surface area contributed by atoms with Crippen molar-refractivity contribution >= 4 is 45.2 Å². The lowest BCUT2D eigenvalue weighted by molar-refractivity contribution is 0.322. The maximum atomic E-state index is 6.00. The molecule has 2 fully saturated rings. The van der Waals surface area contributed by atoms with Crippen molar-refractivity contribution in [3.05, 3.63) is 56.9 Å². The Morgan fingerprint density at radius 2 is 1.38 bits per heavy atom. The molecule has 0 amide bonds. The summed E-state index contributed by atoms with van der Waals surface area (Å²) in [5, 5.41) is 9.62. The molecule has 6 rings (SSSR count). The monoisotopic (exact) mass is 674 g/mol. The molecule has 2 aliphatic rings. The topological polar surface area (TPSA) is 67.9 Å². The summed E-state index contributed by atoms with van der Waals surface area (Å²) in [5.74, 6) is 0. The Balaban J connectivity index is 0.000000184. The van der Waals surface area contributed by atoms with Gasteiger partial charge < -0.3 is 9.80 Å². The molecular weight excluding hydrogens is 635 g/mol. The Hall–Kier alpha value is -2.08. The van der Waals surface area contributed by atoms with Crippen LogP contribution >= 0.6 is 34.2 Å². The summed E-state index contributed by atoms with van der Waals surface area (Å²) in [6.07, 6.45) is 14.0. The molecule has 4 aromatic heterocycles. The van der Waals surface area contributed by atoms with Crippen LogP contribution in [0.5, 0.6) is 0 Å². The van der Waals surface area contributed by atoms with Gasteiger partial charge in [0, 0.05) is 42.8 Å². The number of aryl methyl sites for hydroxylation is 4. The quantitative estimate of drug-likeness (QED) is 0.155. The van der Waals surface area contributed by atoms with Crippen molar-refractivity contribution < 1.29 is 0 Å². The van der Waals surface area contributed by atoms with Crippen LogP contribution in [0.3, 0.4) is 0 Å². The average Bonchev–Trinajstić information content (AvgIpc) is 3.75. The molecule has 8 nitrogen and oxygen atoms in total. The first kappa shape index (κ1) is 29.4. The van der Waals surface area contributed by atoms with Crippen LogP contribution in [0, 0.1) is 17.4 Å². The summed E-state index contributed by atoms with van der Waals surface area (Å²) < 4.78 is 5.40. The van der Waals surface area contributed by atoms with Crippen molar-refractivity contribution in [1.82, 2.24) is 39.3 Å². The number of aromatic nitrogens is 6. The Labute approximate surface area is 256 Å². The molecule has 0 atom stereocenters. The Morgan fingerprint density at radius 1 is 0.775 bits per heavy atom. The molecule has 0 N–H and O–H groups in total. The summed E-state index contributed by atoms with van der Waals surface area (Å²) >= 11 is 8.35. The molecule has 40 heavy (non-hydrogen) atoms. The Kier molecular flexibility index (Phi) is 10.4. The second-order valence-corrected chi connectivity index (χ2v) is 12.5. The van der Waals surface area contributed by atoms with Crippen LogP contribution in [-0.2, 0) is 13.1 Å². The minimum atomic E-state index is 0.487. The Bertz CT molecular complexity index is 1370. The lowest BCUT2D eigenvalue weighted by atomic mass is 10.1. The van der Waals surface area contributed by atoms with Crippen LogP contribution < -0.4 is 0 Å². The highest BCUT2D eigenvalue weighted by Crippen LogP contribution is 2.25. The predicted octanol–water partition coefficient (Wildman–Crippen LogP) is 6.22. The second kappa shape index (κ2) is 14.2. The summed E-state index contributed by atoms with van der Waals surface area (Å²) in [6.45, 7) is 13.6. The van der Waals surface area contributed by atoms with Gasteiger partial charge in [-0.25, -0.2) is 4.98 Å². The SMILES string of the molecule is Cc1nn(CCCN2CCCC2)cc1-c1cnc2ccc(Cl)nc2c1.Cc1nn(CCCN2CCCC2)cc1I. The predicted molar refractivity (Wildman–Crippen MR) is 171 cm³/mol. The normalized spacial score (nSPS) is 16.1. The van der Waals surface area contributed by atoms with E-state index >= 15 is 0 Å². The van der Waals surface area contributed by atoms with E-state index in [1.54, 1.807) is 6.07 Å². The number of halogens is 2. The second-order valence-electron chi connectivity index (χ2n) is 10.9. The van der Waals surface area contributed by atoms with Gasteiger partial charge in [0.1, 0.15) is 5.15 Å². The van der Waals surface area contributed by atoms with Gasteiger partial charge in [-0.15, -0.1) is 0 Å². The third kappa shape index (κ3) is 8.02. The van der Waals surface area contributed by atoms with Crippen molar-refractivity contribution in [1.29, 1.82) is 0 Å². The first-order chi connectivity index (χ1) is 19.4. The molecular formula is C30H40ClIN8. The lowest BCUT2D eigenvalue weighted by Gasteiger charge is -2.13. The number of likely N-dealkylation sites (tertiary alicyclic amines) is 2. The number of rotatable bonds is 9. The minimum absolute atomic E-state index is 0.487. The van der Waals surface area contributed by atoms with E-state index < -0.39 is 0 Å². The molecule has 0 aliphatic carbocycles. The molecule has 0 aromatic carbocycles. The van der Waals surface area contributed by atoms with E-state index in [1.165, 1.54) is 68.4 Å². The third-order valence-electron chi connectivity index (χ3n) is 7.77. The fraction of sp³-hybridized carbons (Fsp3) is 0.533. The summed E-state index contributed by atoms with van der Waals surface area (Å²) in [5.41, 5.74) is 5.97. The van der Waals surface area contributed by atoms with Gasteiger partial charge in [0.15, 0.2) is 0 Å². The van der Waals surface area contributed by atoms with E-state index in [4.69, 9.17) is 11.6 Å². The lowest BCUT2D eigenvalue weighted by Crippen LogP contribution is -2.21.